The SMILES string of the molecule is COc1cc(C)c2cc(C(O)c3ccc4cc(S(=O)(=O)c5ccc6cc(C(O)c7ccc8c(C)c(OC)cc(C)c8c7)ccc6c5)ccc4c3)ccc2c1C. The summed E-state index contributed by atoms with van der Waals surface area (Å²) in [6.45, 7) is 8.14. The number of aliphatic hydroxyl groups is 2. The smallest absolute Gasteiger partial charge is 0.206 e. The monoisotopic (exact) mass is 746 g/mol. The summed E-state index contributed by atoms with van der Waals surface area (Å²) in [6, 6.07) is 37.4. The standard InChI is InChI=1S/C48H42O6S/c1-27-19-45(53-5)29(3)41-17-13-37(25-43(27)41)47(49)35-9-7-33-23-39(15-11-31(33)21-35)55(51,52)40-16-12-32-22-36(10-8-34(32)24-40)48(50)38-14-18-42-30(4)46(54-6)20-28(2)44(42)26-38/h7-26,47-50H,1-6H3. The van der Waals surface area contributed by atoms with Crippen LogP contribution in [0.25, 0.3) is 43.1 Å². The van der Waals surface area contributed by atoms with Crippen LogP contribution in [0.5, 0.6) is 11.5 Å². The van der Waals surface area contributed by atoms with E-state index in [4.69, 9.17) is 9.47 Å². The van der Waals surface area contributed by atoms with E-state index in [0.717, 1.165) is 99.1 Å². The van der Waals surface area contributed by atoms with Crippen LogP contribution in [0.2, 0.25) is 0 Å². The van der Waals surface area contributed by atoms with Crippen molar-refractivity contribution in [2.24, 2.45) is 0 Å². The lowest BCUT2D eigenvalue weighted by atomic mass is 9.93. The van der Waals surface area contributed by atoms with E-state index in [2.05, 4.69) is 0 Å². The van der Waals surface area contributed by atoms with Gasteiger partial charge in [-0.1, -0.05) is 60.7 Å². The minimum absolute atomic E-state index is 0.190. The first-order valence-electron chi connectivity index (χ1n) is 18.2. The average Bonchev–Trinajstić information content (AvgIpc) is 3.21. The van der Waals surface area contributed by atoms with E-state index >= 15 is 0 Å². The zero-order valence-corrected chi connectivity index (χ0v) is 32.5. The quantitative estimate of drug-likeness (QED) is 0.161. The van der Waals surface area contributed by atoms with Crippen LogP contribution in [-0.2, 0) is 9.84 Å². The molecule has 6 nitrogen and oxygen atoms in total. The molecule has 276 valence electrons. The van der Waals surface area contributed by atoms with Gasteiger partial charge in [0.2, 0.25) is 9.84 Å². The molecule has 0 aliphatic heterocycles. The van der Waals surface area contributed by atoms with Gasteiger partial charge in [0.15, 0.2) is 0 Å². The molecule has 2 atom stereocenters. The molecule has 0 saturated carbocycles. The van der Waals surface area contributed by atoms with Crippen molar-refractivity contribution in [3.63, 3.8) is 0 Å². The predicted molar refractivity (Wildman–Crippen MR) is 221 cm³/mol. The molecule has 0 fully saturated rings. The van der Waals surface area contributed by atoms with Crippen LogP contribution in [0, 0.1) is 27.7 Å². The fourth-order valence-electron chi connectivity index (χ4n) is 7.91. The van der Waals surface area contributed by atoms with Crippen LogP contribution in [0.1, 0.15) is 56.7 Å². The van der Waals surface area contributed by atoms with E-state index < -0.39 is 22.0 Å². The van der Waals surface area contributed by atoms with Crippen LogP contribution >= 0.6 is 0 Å². The van der Waals surface area contributed by atoms with Gasteiger partial charge in [0.05, 0.1) is 24.0 Å². The number of ether oxygens (including phenoxy) is 2. The number of methoxy groups -OCH3 is 2. The Balaban J connectivity index is 1.05. The molecular formula is C48H42O6S. The molecule has 8 aromatic carbocycles. The number of sulfone groups is 1. The topological polar surface area (TPSA) is 93.1 Å². The van der Waals surface area contributed by atoms with Crippen molar-refractivity contribution in [1.29, 1.82) is 0 Å². The van der Waals surface area contributed by atoms with Crippen LogP contribution in [0.15, 0.2) is 131 Å². The number of rotatable bonds is 8. The summed E-state index contributed by atoms with van der Waals surface area (Å²) < 4.78 is 39.0. The van der Waals surface area contributed by atoms with Crippen molar-refractivity contribution in [3.8, 4) is 11.5 Å². The Morgan fingerprint density at radius 3 is 1.18 bits per heavy atom. The molecule has 0 aliphatic carbocycles. The van der Waals surface area contributed by atoms with E-state index in [1.54, 1.807) is 50.6 Å². The highest BCUT2D eigenvalue weighted by Gasteiger charge is 2.21. The Morgan fingerprint density at radius 2 is 0.782 bits per heavy atom. The van der Waals surface area contributed by atoms with Gasteiger partial charge in [-0.15, -0.1) is 0 Å². The van der Waals surface area contributed by atoms with Crippen molar-refractivity contribution in [1.82, 2.24) is 0 Å². The molecule has 0 radical (unpaired) electrons. The molecule has 0 amide bonds. The highest BCUT2D eigenvalue weighted by Crippen LogP contribution is 2.37. The summed E-state index contributed by atoms with van der Waals surface area (Å²) in [4.78, 5) is 0.380. The second-order valence-electron chi connectivity index (χ2n) is 14.5. The van der Waals surface area contributed by atoms with Crippen molar-refractivity contribution >= 4 is 52.9 Å². The second kappa shape index (κ2) is 13.8. The lowest BCUT2D eigenvalue weighted by Crippen LogP contribution is -2.03. The fourth-order valence-corrected chi connectivity index (χ4v) is 9.24. The summed E-state index contributed by atoms with van der Waals surface area (Å²) in [5, 5.41) is 30.3. The molecule has 0 aromatic heterocycles. The maximum absolute atomic E-state index is 13.9. The summed E-state index contributed by atoms with van der Waals surface area (Å²) in [7, 11) is -0.504. The molecule has 0 heterocycles. The Hall–Kier alpha value is -5.73. The number of benzene rings is 8. The van der Waals surface area contributed by atoms with Gasteiger partial charge in [-0.25, -0.2) is 8.42 Å². The van der Waals surface area contributed by atoms with Crippen LogP contribution in [0.4, 0.5) is 0 Å². The lowest BCUT2D eigenvalue weighted by molar-refractivity contribution is 0.220. The van der Waals surface area contributed by atoms with E-state index in [1.807, 2.05) is 113 Å². The largest absolute Gasteiger partial charge is 0.496 e. The minimum Gasteiger partial charge on any atom is -0.496 e. The molecule has 0 aliphatic rings. The zero-order valence-electron chi connectivity index (χ0n) is 31.6. The first kappa shape index (κ1) is 36.3. The lowest BCUT2D eigenvalue weighted by Gasteiger charge is -2.16. The Labute approximate surface area is 321 Å². The van der Waals surface area contributed by atoms with Gasteiger partial charge in [0, 0.05) is 0 Å². The van der Waals surface area contributed by atoms with Crippen molar-refractivity contribution in [2.75, 3.05) is 14.2 Å². The molecule has 7 heteroatoms. The zero-order chi connectivity index (χ0) is 38.8. The third-order valence-corrected chi connectivity index (χ3v) is 12.9. The fraction of sp³-hybridized carbons (Fsp3) is 0.167. The van der Waals surface area contributed by atoms with Gasteiger partial charge in [-0.2, -0.15) is 0 Å². The Bertz CT molecular complexity index is 2750. The molecule has 8 rings (SSSR count). The first-order valence-corrected chi connectivity index (χ1v) is 19.7. The van der Waals surface area contributed by atoms with Gasteiger partial charge in [0.1, 0.15) is 23.7 Å². The summed E-state index contributed by atoms with van der Waals surface area (Å²) in [6.07, 6.45) is -1.71. The number of hydrogen-bond acceptors (Lipinski definition) is 6. The summed E-state index contributed by atoms with van der Waals surface area (Å²) in [5.41, 5.74) is 7.23. The van der Waals surface area contributed by atoms with Gasteiger partial charge in [0.25, 0.3) is 0 Å². The van der Waals surface area contributed by atoms with Crippen molar-refractivity contribution in [3.05, 3.63) is 166 Å². The molecule has 8 aromatic rings. The number of fused-ring (bicyclic) bond motifs is 4. The first-order chi connectivity index (χ1) is 26.4. The van der Waals surface area contributed by atoms with E-state index in [9.17, 15) is 18.6 Å². The molecule has 0 saturated heterocycles. The van der Waals surface area contributed by atoms with Crippen LogP contribution < -0.4 is 9.47 Å². The number of aliphatic hydroxyl groups excluding tert-OH is 2. The molecular weight excluding hydrogens is 705 g/mol. The van der Waals surface area contributed by atoms with Crippen molar-refractivity contribution in [2.45, 2.75) is 49.7 Å². The van der Waals surface area contributed by atoms with Crippen molar-refractivity contribution < 1.29 is 28.1 Å². The normalized spacial score (nSPS) is 13.1. The average molecular weight is 747 g/mol. The van der Waals surface area contributed by atoms with Gasteiger partial charge >= 0.3 is 0 Å². The summed E-state index contributed by atoms with van der Waals surface area (Å²) in [5.74, 6) is 1.68. The third-order valence-electron chi connectivity index (χ3n) is 11.2. The van der Waals surface area contributed by atoms with Gasteiger partial charge in [-0.05, 0) is 176 Å². The highest BCUT2D eigenvalue weighted by molar-refractivity contribution is 7.91. The van der Waals surface area contributed by atoms with Gasteiger partial charge in [-0.3, -0.25) is 0 Å². The predicted octanol–water partition coefficient (Wildman–Crippen LogP) is 10.5. The number of aryl methyl sites for hydroxylation is 4. The molecule has 2 unspecified atom stereocenters. The van der Waals surface area contributed by atoms with E-state index in [-0.39, 0.29) is 9.79 Å². The Kier molecular flexibility index (Phi) is 9.13. The molecule has 55 heavy (non-hydrogen) atoms. The van der Waals surface area contributed by atoms with E-state index in [1.165, 1.54) is 0 Å². The van der Waals surface area contributed by atoms with Crippen LogP contribution in [-0.4, -0.2) is 32.9 Å². The molecule has 0 bridgehead atoms. The van der Waals surface area contributed by atoms with E-state index in [0.29, 0.717) is 0 Å². The minimum atomic E-state index is -3.84. The highest BCUT2D eigenvalue weighted by atomic mass is 32.2. The summed E-state index contributed by atoms with van der Waals surface area (Å²) >= 11 is 0. The third kappa shape index (κ3) is 6.28. The van der Waals surface area contributed by atoms with Gasteiger partial charge < -0.3 is 19.7 Å². The maximum Gasteiger partial charge on any atom is 0.206 e. The maximum atomic E-state index is 13.9. The Morgan fingerprint density at radius 1 is 0.436 bits per heavy atom. The second-order valence-corrected chi connectivity index (χ2v) is 16.4. The molecule has 0 spiro atoms. The molecule has 2 N–H and O–H groups in total. The number of hydrogen-bond donors (Lipinski definition) is 2. The van der Waals surface area contributed by atoms with Crippen LogP contribution in [0.3, 0.4) is 0 Å².